The predicted molar refractivity (Wildman–Crippen MR) is 78.4 cm³/mol. The van der Waals surface area contributed by atoms with Crippen LogP contribution in [0.3, 0.4) is 0 Å². The van der Waals surface area contributed by atoms with E-state index in [1.807, 2.05) is 20.0 Å². The standard InChI is InChI=1S/C15H23N3O/c1-4-19-10-9-12(16-2)11-15-17-13-7-5-6-8-14(13)18(15)3/h5-8,12,16H,4,9-11H2,1-3H3. The van der Waals surface area contributed by atoms with Gasteiger partial charge in [-0.3, -0.25) is 0 Å². The van der Waals surface area contributed by atoms with Gasteiger partial charge >= 0.3 is 0 Å². The number of aromatic nitrogens is 2. The van der Waals surface area contributed by atoms with Crippen molar-refractivity contribution in [2.24, 2.45) is 7.05 Å². The third kappa shape index (κ3) is 3.33. The highest BCUT2D eigenvalue weighted by Crippen LogP contribution is 2.15. The summed E-state index contributed by atoms with van der Waals surface area (Å²) >= 11 is 0. The largest absolute Gasteiger partial charge is 0.382 e. The second-order valence-corrected chi connectivity index (χ2v) is 4.75. The third-order valence-electron chi connectivity index (χ3n) is 3.53. The second-order valence-electron chi connectivity index (χ2n) is 4.75. The van der Waals surface area contributed by atoms with Crippen molar-refractivity contribution in [3.05, 3.63) is 30.1 Å². The van der Waals surface area contributed by atoms with E-state index in [4.69, 9.17) is 9.72 Å². The second kappa shape index (κ2) is 6.68. The molecule has 0 radical (unpaired) electrons. The molecule has 0 bridgehead atoms. The average molecular weight is 261 g/mol. The van der Waals surface area contributed by atoms with E-state index in [0.29, 0.717) is 6.04 Å². The number of para-hydroxylation sites is 2. The van der Waals surface area contributed by atoms with Gasteiger partial charge in [0.1, 0.15) is 5.82 Å². The summed E-state index contributed by atoms with van der Waals surface area (Å²) in [5, 5.41) is 3.35. The average Bonchev–Trinajstić information content (AvgIpc) is 2.75. The molecule has 0 aliphatic carbocycles. The molecule has 0 aliphatic heterocycles. The molecular weight excluding hydrogens is 238 g/mol. The summed E-state index contributed by atoms with van der Waals surface area (Å²) in [6.07, 6.45) is 1.93. The number of hydrogen-bond acceptors (Lipinski definition) is 3. The first kappa shape index (κ1) is 14.0. The number of hydrogen-bond donors (Lipinski definition) is 1. The molecule has 4 heteroatoms. The molecule has 1 aromatic carbocycles. The molecule has 0 aliphatic rings. The van der Waals surface area contributed by atoms with Gasteiger partial charge in [-0.1, -0.05) is 12.1 Å². The van der Waals surface area contributed by atoms with E-state index in [1.54, 1.807) is 0 Å². The molecule has 1 aromatic heterocycles. The normalized spacial score (nSPS) is 13.0. The number of aryl methyl sites for hydroxylation is 1. The lowest BCUT2D eigenvalue weighted by molar-refractivity contribution is 0.137. The number of nitrogens with one attached hydrogen (secondary N) is 1. The summed E-state index contributed by atoms with van der Waals surface area (Å²) in [6.45, 7) is 3.61. The number of rotatable bonds is 7. The summed E-state index contributed by atoms with van der Waals surface area (Å²) in [6, 6.07) is 8.66. The van der Waals surface area contributed by atoms with E-state index < -0.39 is 0 Å². The lowest BCUT2D eigenvalue weighted by Crippen LogP contribution is -2.30. The quantitative estimate of drug-likeness (QED) is 0.776. The molecule has 0 fully saturated rings. The molecule has 1 unspecified atom stereocenters. The Morgan fingerprint density at radius 3 is 2.84 bits per heavy atom. The zero-order valence-electron chi connectivity index (χ0n) is 12.0. The van der Waals surface area contributed by atoms with Crippen LogP contribution in [0.25, 0.3) is 11.0 Å². The van der Waals surface area contributed by atoms with Crippen LogP contribution in [0.15, 0.2) is 24.3 Å². The van der Waals surface area contributed by atoms with Gasteiger partial charge in [0.15, 0.2) is 0 Å². The monoisotopic (exact) mass is 261 g/mol. The maximum absolute atomic E-state index is 5.43. The van der Waals surface area contributed by atoms with Crippen LogP contribution in [0, 0.1) is 0 Å². The fourth-order valence-corrected chi connectivity index (χ4v) is 2.32. The molecular formula is C15H23N3O. The topological polar surface area (TPSA) is 39.1 Å². The number of ether oxygens (including phenoxy) is 1. The maximum Gasteiger partial charge on any atom is 0.111 e. The molecule has 104 valence electrons. The van der Waals surface area contributed by atoms with Crippen molar-refractivity contribution in [2.75, 3.05) is 20.3 Å². The van der Waals surface area contributed by atoms with Crippen molar-refractivity contribution >= 4 is 11.0 Å². The molecule has 1 heterocycles. The highest BCUT2D eigenvalue weighted by Gasteiger charge is 2.13. The van der Waals surface area contributed by atoms with E-state index in [0.717, 1.165) is 37.4 Å². The van der Waals surface area contributed by atoms with Gasteiger partial charge in [-0.2, -0.15) is 0 Å². The van der Waals surface area contributed by atoms with Crippen LogP contribution in [0.2, 0.25) is 0 Å². The highest BCUT2D eigenvalue weighted by molar-refractivity contribution is 5.75. The van der Waals surface area contributed by atoms with Crippen molar-refractivity contribution in [3.8, 4) is 0 Å². The van der Waals surface area contributed by atoms with Crippen molar-refractivity contribution < 1.29 is 4.74 Å². The zero-order valence-corrected chi connectivity index (χ0v) is 12.0. The molecule has 1 atom stereocenters. The minimum atomic E-state index is 0.405. The highest BCUT2D eigenvalue weighted by atomic mass is 16.5. The van der Waals surface area contributed by atoms with Gasteiger partial charge in [0.2, 0.25) is 0 Å². The SMILES string of the molecule is CCOCCC(Cc1nc2ccccc2n1C)NC. The molecule has 2 aromatic rings. The fraction of sp³-hybridized carbons (Fsp3) is 0.533. The van der Waals surface area contributed by atoms with Gasteiger partial charge in [-0.05, 0) is 32.5 Å². The first-order valence-corrected chi connectivity index (χ1v) is 6.91. The lowest BCUT2D eigenvalue weighted by Gasteiger charge is -2.15. The van der Waals surface area contributed by atoms with E-state index in [9.17, 15) is 0 Å². The van der Waals surface area contributed by atoms with Crippen LogP contribution in [0.1, 0.15) is 19.2 Å². The van der Waals surface area contributed by atoms with Gasteiger partial charge in [-0.25, -0.2) is 4.98 Å². The summed E-state index contributed by atoms with van der Waals surface area (Å²) in [5.41, 5.74) is 2.26. The van der Waals surface area contributed by atoms with Gasteiger partial charge in [0.05, 0.1) is 11.0 Å². The Morgan fingerprint density at radius 2 is 2.16 bits per heavy atom. The molecule has 1 N–H and O–H groups in total. The number of imidazole rings is 1. The molecule has 19 heavy (non-hydrogen) atoms. The van der Waals surface area contributed by atoms with Crippen molar-refractivity contribution in [1.82, 2.24) is 14.9 Å². The Bertz CT molecular complexity index is 521. The number of benzene rings is 1. The Balaban J connectivity index is 2.08. The molecule has 4 nitrogen and oxygen atoms in total. The Hall–Kier alpha value is -1.39. The van der Waals surface area contributed by atoms with Crippen LogP contribution in [0.5, 0.6) is 0 Å². The fourth-order valence-electron chi connectivity index (χ4n) is 2.32. The predicted octanol–water partition coefficient (Wildman–Crippen LogP) is 2.13. The molecule has 0 saturated carbocycles. The smallest absolute Gasteiger partial charge is 0.111 e. The summed E-state index contributed by atoms with van der Waals surface area (Å²) < 4.78 is 7.61. The van der Waals surface area contributed by atoms with Gasteiger partial charge in [-0.15, -0.1) is 0 Å². The van der Waals surface area contributed by atoms with E-state index in [-0.39, 0.29) is 0 Å². The molecule has 0 amide bonds. The first-order chi connectivity index (χ1) is 9.26. The van der Waals surface area contributed by atoms with Crippen LogP contribution in [-0.2, 0) is 18.2 Å². The maximum atomic E-state index is 5.43. The molecule has 0 spiro atoms. The van der Waals surface area contributed by atoms with E-state index >= 15 is 0 Å². The summed E-state index contributed by atoms with van der Waals surface area (Å²) in [7, 11) is 4.08. The van der Waals surface area contributed by atoms with Crippen molar-refractivity contribution in [1.29, 1.82) is 0 Å². The zero-order chi connectivity index (χ0) is 13.7. The van der Waals surface area contributed by atoms with Crippen LogP contribution >= 0.6 is 0 Å². The lowest BCUT2D eigenvalue weighted by atomic mass is 10.1. The van der Waals surface area contributed by atoms with Crippen LogP contribution in [0.4, 0.5) is 0 Å². The number of nitrogens with zero attached hydrogens (tertiary/aromatic N) is 2. The number of likely N-dealkylation sites (N-methyl/N-ethyl adjacent to an activating group) is 1. The van der Waals surface area contributed by atoms with Crippen molar-refractivity contribution in [3.63, 3.8) is 0 Å². The van der Waals surface area contributed by atoms with E-state index in [2.05, 4.69) is 35.1 Å². The number of fused-ring (bicyclic) bond motifs is 1. The Labute approximate surface area is 114 Å². The van der Waals surface area contributed by atoms with Crippen molar-refractivity contribution in [2.45, 2.75) is 25.8 Å². The van der Waals surface area contributed by atoms with E-state index in [1.165, 1.54) is 5.52 Å². The van der Waals surface area contributed by atoms with Crippen LogP contribution in [-0.4, -0.2) is 35.9 Å². The van der Waals surface area contributed by atoms with Crippen LogP contribution < -0.4 is 5.32 Å². The Morgan fingerprint density at radius 1 is 1.37 bits per heavy atom. The molecule has 2 rings (SSSR count). The summed E-state index contributed by atoms with van der Waals surface area (Å²) in [5.74, 6) is 1.12. The first-order valence-electron chi connectivity index (χ1n) is 6.91. The molecule has 0 saturated heterocycles. The van der Waals surface area contributed by atoms with Gasteiger partial charge in [0, 0.05) is 32.7 Å². The summed E-state index contributed by atoms with van der Waals surface area (Å²) in [4.78, 5) is 4.71. The minimum Gasteiger partial charge on any atom is -0.382 e. The van der Waals surface area contributed by atoms with Gasteiger partial charge < -0.3 is 14.6 Å². The minimum absolute atomic E-state index is 0.405. The Kier molecular flexibility index (Phi) is 4.93. The third-order valence-corrected chi connectivity index (χ3v) is 3.53. The van der Waals surface area contributed by atoms with Gasteiger partial charge in [0.25, 0.3) is 0 Å².